The van der Waals surface area contributed by atoms with Gasteiger partial charge in [0.2, 0.25) is 0 Å². The number of hydrogen-bond donors (Lipinski definition) is 2. The molecular formula is C37H58O5. The zero-order chi connectivity index (χ0) is 31.4. The van der Waals surface area contributed by atoms with Crippen LogP contribution in [0.3, 0.4) is 0 Å². The minimum Gasteiger partial charge on any atom is -0.508 e. The van der Waals surface area contributed by atoms with Gasteiger partial charge in [-0.2, -0.15) is 0 Å². The number of phenolic OH excluding ortho intramolecular Hbond substituents is 2. The summed E-state index contributed by atoms with van der Waals surface area (Å²) in [5.41, 5.74) is 4.66. The minimum atomic E-state index is -0.398. The fourth-order valence-corrected chi connectivity index (χ4v) is 5.99. The van der Waals surface area contributed by atoms with Crippen LogP contribution in [0.5, 0.6) is 17.2 Å². The Labute approximate surface area is 256 Å². The SMILES string of the molecule is COC(=O)c1ccc(O)cc1.Cc1c(C)c2c(c(C)c1O)CC[C@@](C)(CCC[C@H](C)CCC[C@H](C)CCCC(C)C)O2. The Morgan fingerprint density at radius 2 is 1.40 bits per heavy atom. The van der Waals surface area contributed by atoms with Crippen LogP contribution in [-0.2, 0) is 11.2 Å². The molecule has 0 bridgehead atoms. The summed E-state index contributed by atoms with van der Waals surface area (Å²) >= 11 is 0. The molecule has 0 unspecified atom stereocenters. The fraction of sp³-hybridized carbons (Fsp3) is 0.649. The van der Waals surface area contributed by atoms with Gasteiger partial charge in [-0.25, -0.2) is 4.79 Å². The van der Waals surface area contributed by atoms with E-state index < -0.39 is 5.97 Å². The van der Waals surface area contributed by atoms with Crippen molar-refractivity contribution in [2.24, 2.45) is 17.8 Å². The second-order valence-corrected chi connectivity index (χ2v) is 13.5. The maximum Gasteiger partial charge on any atom is 0.337 e. The van der Waals surface area contributed by atoms with Crippen molar-refractivity contribution < 1.29 is 24.5 Å². The molecule has 5 heteroatoms. The zero-order valence-electron chi connectivity index (χ0n) is 27.9. The number of carbonyl (C=O) groups excluding carboxylic acids is 1. The maximum absolute atomic E-state index is 10.8. The van der Waals surface area contributed by atoms with Gasteiger partial charge in [-0.05, 0) is 112 Å². The van der Waals surface area contributed by atoms with E-state index in [2.05, 4.69) is 46.3 Å². The van der Waals surface area contributed by atoms with Crippen LogP contribution >= 0.6 is 0 Å². The van der Waals surface area contributed by atoms with E-state index in [0.717, 1.165) is 59.5 Å². The zero-order valence-corrected chi connectivity index (χ0v) is 27.9. The lowest BCUT2D eigenvalue weighted by molar-refractivity contribution is 0.0511. The Morgan fingerprint density at radius 3 is 1.95 bits per heavy atom. The van der Waals surface area contributed by atoms with Crippen LogP contribution < -0.4 is 4.74 Å². The van der Waals surface area contributed by atoms with Gasteiger partial charge in [0.1, 0.15) is 22.8 Å². The van der Waals surface area contributed by atoms with E-state index in [1.807, 2.05) is 13.8 Å². The van der Waals surface area contributed by atoms with Crippen LogP contribution in [0.25, 0.3) is 0 Å². The summed E-state index contributed by atoms with van der Waals surface area (Å²) in [5, 5.41) is 19.2. The highest BCUT2D eigenvalue weighted by molar-refractivity contribution is 5.89. The molecule has 3 atom stereocenters. The third-order valence-electron chi connectivity index (χ3n) is 9.16. The number of benzene rings is 2. The van der Waals surface area contributed by atoms with E-state index in [1.54, 1.807) is 0 Å². The Morgan fingerprint density at radius 1 is 0.857 bits per heavy atom. The molecule has 2 aromatic carbocycles. The topological polar surface area (TPSA) is 76.0 Å². The number of ether oxygens (including phenoxy) is 2. The number of methoxy groups -OCH3 is 1. The Kier molecular flexibility index (Phi) is 14.2. The predicted molar refractivity (Wildman–Crippen MR) is 174 cm³/mol. The number of carbonyl (C=O) groups is 1. The molecule has 42 heavy (non-hydrogen) atoms. The first-order chi connectivity index (χ1) is 19.8. The third kappa shape index (κ3) is 10.9. The Hall–Kier alpha value is -2.69. The van der Waals surface area contributed by atoms with E-state index in [4.69, 9.17) is 9.84 Å². The van der Waals surface area contributed by atoms with Crippen LogP contribution in [0.1, 0.15) is 131 Å². The molecule has 0 aliphatic carbocycles. The minimum absolute atomic E-state index is 0.0712. The van der Waals surface area contributed by atoms with Crippen LogP contribution in [0.4, 0.5) is 0 Å². The van der Waals surface area contributed by atoms with Gasteiger partial charge in [-0.1, -0.05) is 72.6 Å². The van der Waals surface area contributed by atoms with Gasteiger partial charge in [-0.15, -0.1) is 0 Å². The van der Waals surface area contributed by atoms with Crippen molar-refractivity contribution in [3.8, 4) is 17.2 Å². The highest BCUT2D eigenvalue weighted by Crippen LogP contribution is 2.44. The lowest BCUT2D eigenvalue weighted by Crippen LogP contribution is -2.37. The van der Waals surface area contributed by atoms with Crippen LogP contribution in [0, 0.1) is 38.5 Å². The molecule has 1 aliphatic heterocycles. The standard InChI is InChI=1S/C29H50O2.C8H8O3/c1-20(2)12-9-13-21(3)14-10-15-22(4)16-11-18-29(8)19-17-26-25(7)27(30)23(5)24(6)28(26)31-29;1-11-8(10)6-2-4-7(9)5-3-6/h20-22,30H,9-19H2,1-8H3;2-5,9H,1H3/t21-,22-,29-;/m1./s1. The molecule has 236 valence electrons. The number of rotatable bonds is 13. The third-order valence-corrected chi connectivity index (χ3v) is 9.16. The molecule has 1 aliphatic rings. The highest BCUT2D eigenvalue weighted by atomic mass is 16.5. The molecule has 2 N–H and O–H groups in total. The van der Waals surface area contributed by atoms with Crippen molar-refractivity contribution in [1.29, 1.82) is 0 Å². The van der Waals surface area contributed by atoms with Gasteiger partial charge in [-0.3, -0.25) is 0 Å². The monoisotopic (exact) mass is 582 g/mol. The van der Waals surface area contributed by atoms with Gasteiger partial charge < -0.3 is 19.7 Å². The van der Waals surface area contributed by atoms with Crippen molar-refractivity contribution in [3.63, 3.8) is 0 Å². The normalized spacial score (nSPS) is 17.5. The maximum atomic E-state index is 10.8. The molecule has 0 aromatic heterocycles. The van der Waals surface area contributed by atoms with Crippen molar-refractivity contribution in [1.82, 2.24) is 0 Å². The van der Waals surface area contributed by atoms with Crippen molar-refractivity contribution in [3.05, 3.63) is 52.1 Å². The number of aromatic hydroxyl groups is 2. The first kappa shape index (κ1) is 35.5. The van der Waals surface area contributed by atoms with Gasteiger partial charge in [0.25, 0.3) is 0 Å². The van der Waals surface area contributed by atoms with Crippen molar-refractivity contribution >= 4 is 5.97 Å². The number of phenols is 2. The quantitative estimate of drug-likeness (QED) is 0.230. The van der Waals surface area contributed by atoms with Crippen molar-refractivity contribution in [2.75, 3.05) is 7.11 Å². The highest BCUT2D eigenvalue weighted by Gasteiger charge is 2.34. The summed E-state index contributed by atoms with van der Waals surface area (Å²) in [6.45, 7) is 17.9. The molecule has 0 fully saturated rings. The molecule has 0 spiro atoms. The second-order valence-electron chi connectivity index (χ2n) is 13.5. The first-order valence-electron chi connectivity index (χ1n) is 16.2. The molecule has 0 amide bonds. The van der Waals surface area contributed by atoms with Gasteiger partial charge >= 0.3 is 5.97 Å². The molecule has 3 rings (SSSR count). The first-order valence-corrected chi connectivity index (χ1v) is 16.2. The Balaban J connectivity index is 0.000000468. The summed E-state index contributed by atoms with van der Waals surface area (Å²) < 4.78 is 11.1. The average Bonchev–Trinajstić information content (AvgIpc) is 2.95. The summed E-state index contributed by atoms with van der Waals surface area (Å²) in [7, 11) is 1.31. The van der Waals surface area contributed by atoms with E-state index in [0.29, 0.717) is 11.3 Å². The van der Waals surface area contributed by atoms with Crippen molar-refractivity contribution in [2.45, 2.75) is 132 Å². The number of esters is 1. The van der Waals surface area contributed by atoms with Gasteiger partial charge in [0, 0.05) is 5.56 Å². The largest absolute Gasteiger partial charge is 0.508 e. The molecule has 1 heterocycles. The van der Waals surface area contributed by atoms with Crippen LogP contribution in [0.2, 0.25) is 0 Å². The van der Waals surface area contributed by atoms with Gasteiger partial charge in [0.15, 0.2) is 0 Å². The molecule has 5 nitrogen and oxygen atoms in total. The van der Waals surface area contributed by atoms with E-state index >= 15 is 0 Å². The average molecular weight is 583 g/mol. The molecule has 0 radical (unpaired) electrons. The van der Waals surface area contributed by atoms with E-state index in [9.17, 15) is 9.90 Å². The molecule has 2 aromatic rings. The number of hydrogen-bond acceptors (Lipinski definition) is 5. The van der Waals surface area contributed by atoms with Crippen LogP contribution in [-0.4, -0.2) is 28.9 Å². The smallest absolute Gasteiger partial charge is 0.337 e. The lowest BCUT2D eigenvalue weighted by atomic mass is 9.84. The summed E-state index contributed by atoms with van der Waals surface area (Å²) in [6.07, 6.45) is 14.1. The summed E-state index contributed by atoms with van der Waals surface area (Å²) in [4.78, 5) is 10.8. The lowest BCUT2D eigenvalue weighted by Gasteiger charge is -2.38. The van der Waals surface area contributed by atoms with Crippen LogP contribution in [0.15, 0.2) is 24.3 Å². The Bertz CT molecular complexity index is 1120. The molecule has 0 saturated heterocycles. The van der Waals surface area contributed by atoms with E-state index in [-0.39, 0.29) is 11.4 Å². The summed E-state index contributed by atoms with van der Waals surface area (Å²) in [5.74, 6) is 3.77. The van der Waals surface area contributed by atoms with E-state index in [1.165, 1.54) is 88.3 Å². The summed E-state index contributed by atoms with van der Waals surface area (Å²) in [6, 6.07) is 5.88. The number of fused-ring (bicyclic) bond motifs is 1. The second kappa shape index (κ2) is 16.8. The fourth-order valence-electron chi connectivity index (χ4n) is 5.99. The van der Waals surface area contributed by atoms with Gasteiger partial charge in [0.05, 0.1) is 12.7 Å². The molecular weight excluding hydrogens is 524 g/mol. The molecule has 0 saturated carbocycles. The predicted octanol–water partition coefficient (Wildman–Crippen LogP) is 10.0.